The summed E-state index contributed by atoms with van der Waals surface area (Å²) in [7, 11) is 0. The Hall–Kier alpha value is -2.12. The highest BCUT2D eigenvalue weighted by molar-refractivity contribution is 7.98. The van der Waals surface area contributed by atoms with Gasteiger partial charge in [-0.3, -0.25) is 25.0 Å². The van der Waals surface area contributed by atoms with Crippen LogP contribution >= 0.6 is 11.8 Å². The van der Waals surface area contributed by atoms with Crippen LogP contribution < -0.4 is 15.5 Å². The van der Waals surface area contributed by atoms with Crippen LogP contribution in [0.25, 0.3) is 0 Å². The van der Waals surface area contributed by atoms with E-state index in [-0.39, 0.29) is 23.8 Å². The number of amides is 3. The number of hydrogen-bond acceptors (Lipinski definition) is 5. The first-order chi connectivity index (χ1) is 12.6. The van der Waals surface area contributed by atoms with Gasteiger partial charge in [0, 0.05) is 23.8 Å². The van der Waals surface area contributed by atoms with Crippen LogP contribution in [-0.2, 0) is 19.9 Å². The molecule has 0 unspecified atom stereocenters. The maximum absolute atomic E-state index is 13.5. The third kappa shape index (κ3) is 2.13. The predicted molar refractivity (Wildman–Crippen MR) is 101 cm³/mol. The highest BCUT2D eigenvalue weighted by Crippen LogP contribution is 2.53. The molecular weight excluding hydrogens is 350 g/mol. The average Bonchev–Trinajstić information content (AvgIpc) is 3.21. The lowest BCUT2D eigenvalue weighted by atomic mass is 9.76. The van der Waals surface area contributed by atoms with E-state index in [1.165, 1.54) is 0 Å². The Kier molecular flexibility index (Phi) is 4.16. The average molecular weight is 371 g/mol. The van der Waals surface area contributed by atoms with Crippen LogP contribution in [0.2, 0.25) is 0 Å². The predicted octanol–water partition coefficient (Wildman–Crippen LogP) is 1.03. The van der Waals surface area contributed by atoms with Crippen LogP contribution in [0.4, 0.5) is 5.69 Å². The van der Waals surface area contributed by atoms with Gasteiger partial charge in [0.15, 0.2) is 0 Å². The second-order valence-electron chi connectivity index (χ2n) is 6.92. The maximum Gasteiger partial charge on any atom is 0.253 e. The molecule has 3 amide bonds. The van der Waals surface area contributed by atoms with E-state index in [0.29, 0.717) is 6.54 Å². The molecule has 4 rings (SSSR count). The maximum atomic E-state index is 13.5. The highest BCUT2D eigenvalue weighted by atomic mass is 32.2. The van der Waals surface area contributed by atoms with Gasteiger partial charge in [0.1, 0.15) is 5.54 Å². The molecule has 0 radical (unpaired) electrons. The third-order valence-corrected chi connectivity index (χ3v) is 6.29. The molecular formula is C19H21N3O3S. The fraction of sp³-hybridized carbons (Fsp3) is 0.421. The SMILES string of the molecule is C=CCN1C(=O)[C@@]2(N[C@@H](CCSC)[C@H]3C(=O)NC(=O)[C@H]32)c2ccccc21. The molecule has 4 atom stereocenters. The number of nitrogens with one attached hydrogen (secondary N) is 2. The second-order valence-corrected chi connectivity index (χ2v) is 7.90. The topological polar surface area (TPSA) is 78.5 Å². The fourth-order valence-electron chi connectivity index (χ4n) is 4.68. The van der Waals surface area contributed by atoms with Gasteiger partial charge in [-0.2, -0.15) is 11.8 Å². The number of benzene rings is 1. The Morgan fingerprint density at radius 2 is 2.04 bits per heavy atom. The van der Waals surface area contributed by atoms with Crippen molar-refractivity contribution in [3.63, 3.8) is 0 Å². The van der Waals surface area contributed by atoms with Crippen LogP contribution in [0.15, 0.2) is 36.9 Å². The molecule has 0 aromatic heterocycles. The summed E-state index contributed by atoms with van der Waals surface area (Å²) < 4.78 is 0. The van der Waals surface area contributed by atoms with Gasteiger partial charge in [-0.05, 0) is 24.5 Å². The van der Waals surface area contributed by atoms with Crippen LogP contribution in [0.3, 0.4) is 0 Å². The molecule has 2 fully saturated rings. The minimum absolute atomic E-state index is 0.176. The van der Waals surface area contributed by atoms with Crippen molar-refractivity contribution in [2.24, 2.45) is 11.8 Å². The fourth-order valence-corrected chi connectivity index (χ4v) is 5.17. The van der Waals surface area contributed by atoms with Crippen LogP contribution in [0.1, 0.15) is 12.0 Å². The first-order valence-corrected chi connectivity index (χ1v) is 10.1. The Labute approximate surface area is 156 Å². The third-order valence-electron chi connectivity index (χ3n) is 5.65. The number of carbonyl (C=O) groups is 3. The standard InChI is InChI=1S/C19H21N3O3S/c1-3-9-22-13-7-5-4-6-11(13)19(18(22)25)15-14(16(23)20-17(15)24)12(21-19)8-10-26-2/h3-7,12,14-15,21H,1,8-10H2,2H3,(H,20,23,24)/t12-,14+,15-,19+/m0/s1. The monoisotopic (exact) mass is 371 g/mol. The summed E-state index contributed by atoms with van der Waals surface area (Å²) in [5.41, 5.74) is 0.378. The molecule has 6 nitrogen and oxygen atoms in total. The Balaban J connectivity index is 1.86. The van der Waals surface area contributed by atoms with E-state index < -0.39 is 17.4 Å². The first-order valence-electron chi connectivity index (χ1n) is 8.70. The molecule has 136 valence electrons. The summed E-state index contributed by atoms with van der Waals surface area (Å²) >= 11 is 1.69. The number of thioether (sulfide) groups is 1. The van der Waals surface area contributed by atoms with Gasteiger partial charge in [-0.25, -0.2) is 0 Å². The Morgan fingerprint density at radius 3 is 2.77 bits per heavy atom. The summed E-state index contributed by atoms with van der Waals surface area (Å²) in [6.45, 7) is 4.11. The molecule has 1 spiro atoms. The van der Waals surface area contributed by atoms with Crippen molar-refractivity contribution in [3.8, 4) is 0 Å². The Morgan fingerprint density at radius 1 is 1.27 bits per heavy atom. The molecule has 0 aliphatic carbocycles. The summed E-state index contributed by atoms with van der Waals surface area (Å²) in [6.07, 6.45) is 4.40. The van der Waals surface area contributed by atoms with Gasteiger partial charge in [-0.15, -0.1) is 6.58 Å². The minimum atomic E-state index is -1.18. The van der Waals surface area contributed by atoms with Crippen LogP contribution in [0.5, 0.6) is 0 Å². The normalized spacial score (nSPS) is 32.1. The van der Waals surface area contributed by atoms with Gasteiger partial charge in [-0.1, -0.05) is 24.3 Å². The van der Waals surface area contributed by atoms with E-state index in [1.807, 2.05) is 30.5 Å². The van der Waals surface area contributed by atoms with Crippen LogP contribution in [0, 0.1) is 11.8 Å². The van der Waals surface area contributed by atoms with Gasteiger partial charge in [0.2, 0.25) is 11.8 Å². The molecule has 3 aliphatic rings. The Bertz CT molecular complexity index is 811. The van der Waals surface area contributed by atoms with E-state index in [1.54, 1.807) is 22.7 Å². The highest BCUT2D eigenvalue weighted by Gasteiger charge is 2.69. The van der Waals surface area contributed by atoms with E-state index >= 15 is 0 Å². The first kappa shape index (κ1) is 17.3. The van der Waals surface area contributed by atoms with Crippen molar-refractivity contribution in [2.75, 3.05) is 23.5 Å². The van der Waals surface area contributed by atoms with Crippen molar-refractivity contribution in [1.29, 1.82) is 0 Å². The van der Waals surface area contributed by atoms with Crippen molar-refractivity contribution in [2.45, 2.75) is 18.0 Å². The number of anilines is 1. The largest absolute Gasteiger partial charge is 0.306 e. The molecule has 1 aromatic carbocycles. The second kappa shape index (κ2) is 6.25. The molecule has 3 aliphatic heterocycles. The number of carbonyl (C=O) groups excluding carboxylic acids is 3. The van der Waals surface area contributed by atoms with Gasteiger partial charge in [0.25, 0.3) is 5.91 Å². The molecule has 1 aromatic rings. The zero-order valence-electron chi connectivity index (χ0n) is 14.5. The van der Waals surface area contributed by atoms with Crippen molar-refractivity contribution in [3.05, 3.63) is 42.5 Å². The summed E-state index contributed by atoms with van der Waals surface area (Å²) in [5.74, 6) is -1.19. The van der Waals surface area contributed by atoms with E-state index in [4.69, 9.17) is 0 Å². The van der Waals surface area contributed by atoms with Crippen molar-refractivity contribution in [1.82, 2.24) is 10.6 Å². The number of hydrogen-bond donors (Lipinski definition) is 2. The lowest BCUT2D eigenvalue weighted by Gasteiger charge is -2.29. The molecule has 0 saturated carbocycles. The van der Waals surface area contributed by atoms with Crippen molar-refractivity contribution < 1.29 is 14.4 Å². The van der Waals surface area contributed by atoms with E-state index in [9.17, 15) is 14.4 Å². The summed E-state index contributed by atoms with van der Waals surface area (Å²) in [4.78, 5) is 40.3. The lowest BCUT2D eigenvalue weighted by Crippen LogP contribution is -2.54. The lowest BCUT2D eigenvalue weighted by molar-refractivity contribution is -0.133. The van der Waals surface area contributed by atoms with Crippen molar-refractivity contribution >= 4 is 35.2 Å². The summed E-state index contributed by atoms with van der Waals surface area (Å²) in [5, 5.41) is 5.90. The number of rotatable bonds is 5. The molecule has 0 bridgehead atoms. The smallest absolute Gasteiger partial charge is 0.253 e. The molecule has 3 heterocycles. The molecule has 26 heavy (non-hydrogen) atoms. The van der Waals surface area contributed by atoms with Gasteiger partial charge in [0.05, 0.1) is 11.8 Å². The minimum Gasteiger partial charge on any atom is -0.306 e. The zero-order chi connectivity index (χ0) is 18.5. The number of fused-ring (bicyclic) bond motifs is 4. The van der Waals surface area contributed by atoms with Crippen LogP contribution in [-0.4, -0.2) is 42.3 Å². The number of imide groups is 1. The molecule has 2 N–H and O–H groups in total. The molecule has 7 heteroatoms. The number of nitrogens with zero attached hydrogens (tertiary/aromatic N) is 1. The van der Waals surface area contributed by atoms with Gasteiger partial charge < -0.3 is 4.90 Å². The van der Waals surface area contributed by atoms with E-state index in [0.717, 1.165) is 23.4 Å². The summed E-state index contributed by atoms with van der Waals surface area (Å²) in [6, 6.07) is 7.30. The zero-order valence-corrected chi connectivity index (χ0v) is 15.3. The quantitative estimate of drug-likeness (QED) is 0.597. The number of para-hydroxylation sites is 1. The van der Waals surface area contributed by atoms with Gasteiger partial charge >= 0.3 is 0 Å². The van der Waals surface area contributed by atoms with E-state index in [2.05, 4.69) is 17.2 Å². The molecule has 2 saturated heterocycles.